The fourth-order valence-electron chi connectivity index (χ4n) is 4.03. The Morgan fingerprint density at radius 3 is 2.77 bits per heavy atom. The minimum atomic E-state index is -0.367. The highest BCUT2D eigenvalue weighted by Gasteiger charge is 2.38. The third-order valence-corrected chi connectivity index (χ3v) is 5.59. The lowest BCUT2D eigenvalue weighted by atomic mass is 9.92. The molecule has 2 saturated heterocycles. The molecule has 7 heteroatoms. The SMILES string of the molecule is Cc1cc(=O)c(C(=O)N[C@H]2CCC(=O)N[C@@H]2C2CCCO2)cn1C1CC1. The Kier molecular flexibility index (Phi) is 4.56. The summed E-state index contributed by atoms with van der Waals surface area (Å²) in [5.74, 6) is -0.379. The highest BCUT2D eigenvalue weighted by atomic mass is 16.5. The molecule has 2 N–H and O–H groups in total. The van der Waals surface area contributed by atoms with Crippen LogP contribution in [0.4, 0.5) is 0 Å². The van der Waals surface area contributed by atoms with E-state index in [4.69, 9.17) is 4.74 Å². The molecule has 1 unspecified atom stereocenters. The number of pyridine rings is 1. The maximum Gasteiger partial charge on any atom is 0.257 e. The van der Waals surface area contributed by atoms with Crippen molar-refractivity contribution >= 4 is 11.8 Å². The van der Waals surface area contributed by atoms with Gasteiger partial charge in [0.15, 0.2) is 5.43 Å². The van der Waals surface area contributed by atoms with Crippen LogP contribution >= 0.6 is 0 Å². The molecule has 1 aromatic rings. The van der Waals surface area contributed by atoms with Gasteiger partial charge >= 0.3 is 0 Å². The molecule has 0 radical (unpaired) electrons. The number of hydrogen-bond acceptors (Lipinski definition) is 4. The first-order chi connectivity index (χ1) is 12.5. The summed E-state index contributed by atoms with van der Waals surface area (Å²) in [5, 5.41) is 5.95. The molecule has 1 saturated carbocycles. The summed E-state index contributed by atoms with van der Waals surface area (Å²) in [6, 6.07) is 1.47. The first-order valence-corrected chi connectivity index (χ1v) is 9.47. The van der Waals surface area contributed by atoms with E-state index in [2.05, 4.69) is 10.6 Å². The van der Waals surface area contributed by atoms with Gasteiger partial charge in [0.2, 0.25) is 5.91 Å². The number of carbonyl (C=O) groups is 2. The largest absolute Gasteiger partial charge is 0.376 e. The Hall–Kier alpha value is -2.15. The van der Waals surface area contributed by atoms with Crippen LogP contribution in [0.5, 0.6) is 0 Å². The molecule has 0 bridgehead atoms. The summed E-state index contributed by atoms with van der Waals surface area (Å²) >= 11 is 0. The summed E-state index contributed by atoms with van der Waals surface area (Å²) in [5.41, 5.74) is 0.798. The fraction of sp³-hybridized carbons (Fsp3) is 0.632. The van der Waals surface area contributed by atoms with Crippen LogP contribution in [-0.4, -0.2) is 41.2 Å². The van der Waals surface area contributed by atoms with E-state index in [1.54, 1.807) is 6.20 Å². The van der Waals surface area contributed by atoms with Crippen LogP contribution in [0.2, 0.25) is 0 Å². The lowest BCUT2D eigenvalue weighted by Gasteiger charge is -2.36. The Morgan fingerprint density at radius 2 is 2.08 bits per heavy atom. The van der Waals surface area contributed by atoms with Crippen molar-refractivity contribution in [3.8, 4) is 0 Å². The van der Waals surface area contributed by atoms with Gasteiger partial charge in [-0.15, -0.1) is 0 Å². The van der Waals surface area contributed by atoms with Crippen molar-refractivity contribution in [3.63, 3.8) is 0 Å². The van der Waals surface area contributed by atoms with Gasteiger partial charge in [-0.25, -0.2) is 0 Å². The highest BCUT2D eigenvalue weighted by Crippen LogP contribution is 2.35. The van der Waals surface area contributed by atoms with Crippen LogP contribution in [0.3, 0.4) is 0 Å². The monoisotopic (exact) mass is 359 g/mol. The average molecular weight is 359 g/mol. The number of hydrogen-bond donors (Lipinski definition) is 2. The molecule has 140 valence electrons. The van der Waals surface area contributed by atoms with Gasteiger partial charge in [-0.2, -0.15) is 0 Å². The maximum atomic E-state index is 12.8. The number of piperidine rings is 1. The lowest BCUT2D eigenvalue weighted by molar-refractivity contribution is -0.125. The molecule has 3 atom stereocenters. The van der Waals surface area contributed by atoms with E-state index < -0.39 is 0 Å². The van der Waals surface area contributed by atoms with Crippen molar-refractivity contribution in [1.82, 2.24) is 15.2 Å². The Labute approximate surface area is 152 Å². The van der Waals surface area contributed by atoms with Crippen LogP contribution in [0.15, 0.2) is 17.1 Å². The van der Waals surface area contributed by atoms with E-state index in [0.29, 0.717) is 25.5 Å². The van der Waals surface area contributed by atoms with Crippen molar-refractivity contribution in [2.45, 2.75) is 69.7 Å². The molecule has 0 spiro atoms. The van der Waals surface area contributed by atoms with Gasteiger partial charge in [0, 0.05) is 37.0 Å². The van der Waals surface area contributed by atoms with Crippen molar-refractivity contribution < 1.29 is 14.3 Å². The summed E-state index contributed by atoms with van der Waals surface area (Å²) in [6.45, 7) is 2.58. The summed E-state index contributed by atoms with van der Waals surface area (Å²) < 4.78 is 7.75. The van der Waals surface area contributed by atoms with Crippen LogP contribution < -0.4 is 16.1 Å². The summed E-state index contributed by atoms with van der Waals surface area (Å²) in [6.07, 6.45) is 6.54. The maximum absolute atomic E-state index is 12.8. The normalized spacial score (nSPS) is 28.7. The van der Waals surface area contributed by atoms with Gasteiger partial charge in [0.05, 0.1) is 18.2 Å². The molecule has 0 aromatic carbocycles. The first kappa shape index (κ1) is 17.3. The third kappa shape index (κ3) is 3.40. The van der Waals surface area contributed by atoms with Crippen molar-refractivity contribution in [3.05, 3.63) is 33.7 Å². The fourth-order valence-corrected chi connectivity index (χ4v) is 4.03. The van der Waals surface area contributed by atoms with Crippen molar-refractivity contribution in [2.75, 3.05) is 6.61 Å². The third-order valence-electron chi connectivity index (χ3n) is 5.59. The molecule has 3 heterocycles. The van der Waals surface area contributed by atoms with E-state index in [9.17, 15) is 14.4 Å². The zero-order chi connectivity index (χ0) is 18.3. The highest BCUT2D eigenvalue weighted by molar-refractivity contribution is 5.94. The topological polar surface area (TPSA) is 89.4 Å². The average Bonchev–Trinajstić information content (AvgIpc) is 3.29. The molecular weight excluding hydrogens is 334 g/mol. The number of amides is 2. The molecule has 1 aliphatic carbocycles. The molecular formula is C19H25N3O4. The molecule has 3 fully saturated rings. The van der Waals surface area contributed by atoms with Crippen LogP contribution in [0.1, 0.15) is 60.6 Å². The van der Waals surface area contributed by atoms with E-state index in [1.807, 2.05) is 11.5 Å². The van der Waals surface area contributed by atoms with Gasteiger partial charge in [-0.05, 0) is 39.0 Å². The van der Waals surface area contributed by atoms with Crippen molar-refractivity contribution in [2.24, 2.45) is 0 Å². The number of nitrogens with zero attached hydrogens (tertiary/aromatic N) is 1. The van der Waals surface area contributed by atoms with Crippen molar-refractivity contribution in [1.29, 1.82) is 0 Å². The van der Waals surface area contributed by atoms with Gasteiger partial charge in [0.25, 0.3) is 5.91 Å². The minimum absolute atomic E-state index is 0.0116. The number of aromatic nitrogens is 1. The van der Waals surface area contributed by atoms with Gasteiger partial charge < -0.3 is 19.9 Å². The van der Waals surface area contributed by atoms with E-state index in [-0.39, 0.29) is 41.0 Å². The molecule has 2 amide bonds. The quantitative estimate of drug-likeness (QED) is 0.841. The number of aryl methyl sites for hydroxylation is 1. The first-order valence-electron chi connectivity index (χ1n) is 9.47. The van der Waals surface area contributed by atoms with E-state index in [0.717, 1.165) is 31.4 Å². The molecule has 4 rings (SSSR count). The smallest absolute Gasteiger partial charge is 0.257 e. The molecule has 1 aromatic heterocycles. The lowest BCUT2D eigenvalue weighted by Crippen LogP contribution is -2.60. The van der Waals surface area contributed by atoms with Crippen LogP contribution in [-0.2, 0) is 9.53 Å². The Bertz CT molecular complexity index is 777. The second-order valence-electron chi connectivity index (χ2n) is 7.59. The Balaban J connectivity index is 1.54. The number of carbonyl (C=O) groups excluding carboxylic acids is 2. The zero-order valence-electron chi connectivity index (χ0n) is 15.0. The number of rotatable bonds is 4. The Morgan fingerprint density at radius 1 is 1.27 bits per heavy atom. The summed E-state index contributed by atoms with van der Waals surface area (Å²) in [4.78, 5) is 37.0. The molecule has 7 nitrogen and oxygen atoms in total. The minimum Gasteiger partial charge on any atom is -0.376 e. The summed E-state index contributed by atoms with van der Waals surface area (Å²) in [7, 11) is 0. The predicted molar refractivity (Wildman–Crippen MR) is 95.1 cm³/mol. The van der Waals surface area contributed by atoms with Gasteiger partial charge in [0.1, 0.15) is 5.56 Å². The number of nitrogens with one attached hydrogen (secondary N) is 2. The standard InChI is InChI=1S/C19H25N3O4/c1-11-9-15(23)13(10-22(11)12-4-5-12)19(25)20-14-6-7-17(24)21-18(14)16-3-2-8-26-16/h9-10,12,14,16,18H,2-8H2,1H3,(H,20,25)(H,21,24)/t14-,16?,18-/m0/s1. The van der Waals surface area contributed by atoms with E-state index >= 15 is 0 Å². The molecule has 2 aliphatic heterocycles. The van der Waals surface area contributed by atoms with Gasteiger partial charge in [-0.3, -0.25) is 14.4 Å². The predicted octanol–water partition coefficient (Wildman–Crippen LogP) is 1.05. The molecule has 26 heavy (non-hydrogen) atoms. The number of ether oxygens (including phenoxy) is 1. The second kappa shape index (κ2) is 6.87. The molecule has 3 aliphatic rings. The van der Waals surface area contributed by atoms with E-state index in [1.165, 1.54) is 6.07 Å². The van der Waals surface area contributed by atoms with Crippen LogP contribution in [0.25, 0.3) is 0 Å². The zero-order valence-corrected chi connectivity index (χ0v) is 15.0. The van der Waals surface area contributed by atoms with Crippen LogP contribution in [0, 0.1) is 6.92 Å². The second-order valence-corrected chi connectivity index (χ2v) is 7.59. The van der Waals surface area contributed by atoms with Gasteiger partial charge in [-0.1, -0.05) is 0 Å².